The van der Waals surface area contributed by atoms with Crippen LogP contribution in [0.15, 0.2) is 87.6 Å². The summed E-state index contributed by atoms with van der Waals surface area (Å²) in [4.78, 5) is 31.2. The van der Waals surface area contributed by atoms with Crippen molar-refractivity contribution in [2.45, 2.75) is 29.8 Å². The summed E-state index contributed by atoms with van der Waals surface area (Å²) in [6.45, 7) is 5.58. The Morgan fingerprint density at radius 2 is 1.68 bits per heavy atom. The quantitative estimate of drug-likeness (QED) is 0.246. The molecule has 1 aromatic heterocycles. The molecule has 2 heterocycles. The number of ether oxygens (including phenoxy) is 1. The molecule has 0 spiro atoms. The van der Waals surface area contributed by atoms with Crippen molar-refractivity contribution in [3.8, 4) is 5.69 Å². The van der Waals surface area contributed by atoms with Gasteiger partial charge in [0.15, 0.2) is 5.16 Å². The van der Waals surface area contributed by atoms with Crippen LogP contribution in [-0.4, -0.2) is 60.2 Å². The van der Waals surface area contributed by atoms with E-state index in [1.807, 2.05) is 30.3 Å². The van der Waals surface area contributed by atoms with Gasteiger partial charge in [0.2, 0.25) is 15.9 Å². The van der Waals surface area contributed by atoms with E-state index < -0.39 is 10.0 Å². The second kappa shape index (κ2) is 11.9. The monoisotopic (exact) mass is 578 g/mol. The summed E-state index contributed by atoms with van der Waals surface area (Å²) < 4.78 is 33.9. The Balaban J connectivity index is 1.33. The maximum atomic E-state index is 13.5. The van der Waals surface area contributed by atoms with Crippen LogP contribution in [0.3, 0.4) is 0 Å². The SMILES string of the molecule is CC(C)c1ccc(-n2c(SCC(=O)Nc3ccc(S(=O)(=O)N4CCOCC4)cc3)nc3ccccc3c2=O)cc1. The summed E-state index contributed by atoms with van der Waals surface area (Å²) in [6.07, 6.45) is 0. The number of aromatic nitrogens is 2. The number of rotatable bonds is 8. The molecule has 3 aromatic carbocycles. The Morgan fingerprint density at radius 3 is 2.35 bits per heavy atom. The number of para-hydroxylation sites is 1. The lowest BCUT2D eigenvalue weighted by atomic mass is 10.0. The minimum Gasteiger partial charge on any atom is -0.379 e. The molecule has 4 aromatic rings. The highest BCUT2D eigenvalue weighted by atomic mass is 32.2. The summed E-state index contributed by atoms with van der Waals surface area (Å²) in [5.74, 6) is 0.0485. The molecule has 9 nitrogen and oxygen atoms in total. The molecular weight excluding hydrogens is 548 g/mol. The number of sulfonamides is 1. The third kappa shape index (κ3) is 5.97. The van der Waals surface area contributed by atoms with Gasteiger partial charge in [-0.1, -0.05) is 49.9 Å². The first-order chi connectivity index (χ1) is 19.2. The van der Waals surface area contributed by atoms with Crippen LogP contribution in [0.2, 0.25) is 0 Å². The molecule has 0 atom stereocenters. The van der Waals surface area contributed by atoms with Gasteiger partial charge in [0.1, 0.15) is 0 Å². The van der Waals surface area contributed by atoms with E-state index in [1.165, 1.54) is 21.0 Å². The number of hydrogen-bond acceptors (Lipinski definition) is 7. The van der Waals surface area contributed by atoms with Gasteiger partial charge in [0.05, 0.1) is 40.5 Å². The number of thioether (sulfide) groups is 1. The summed E-state index contributed by atoms with van der Waals surface area (Å²) in [5, 5.41) is 3.70. The lowest BCUT2D eigenvalue weighted by Gasteiger charge is -2.26. The van der Waals surface area contributed by atoms with Crippen LogP contribution in [0.5, 0.6) is 0 Å². The molecular formula is C29H30N4O5S2. The van der Waals surface area contributed by atoms with Gasteiger partial charge in [-0.15, -0.1) is 0 Å². The number of benzene rings is 3. The van der Waals surface area contributed by atoms with Crippen molar-refractivity contribution in [1.82, 2.24) is 13.9 Å². The molecule has 1 aliphatic heterocycles. The normalized spacial score (nSPS) is 14.5. The second-order valence-corrected chi connectivity index (χ2v) is 12.6. The van der Waals surface area contributed by atoms with Crippen molar-refractivity contribution in [3.05, 3.63) is 88.7 Å². The largest absolute Gasteiger partial charge is 0.379 e. The van der Waals surface area contributed by atoms with Crippen LogP contribution in [0, 0.1) is 0 Å². The van der Waals surface area contributed by atoms with E-state index in [1.54, 1.807) is 30.3 Å². The first kappa shape index (κ1) is 28.0. The minimum absolute atomic E-state index is 0.00266. The summed E-state index contributed by atoms with van der Waals surface area (Å²) in [6, 6.07) is 21.0. The van der Waals surface area contributed by atoms with E-state index in [-0.39, 0.29) is 22.1 Å². The fourth-order valence-corrected chi connectivity index (χ4v) is 6.64. The van der Waals surface area contributed by atoms with Gasteiger partial charge in [-0.2, -0.15) is 4.31 Å². The Bertz CT molecular complexity index is 1680. The first-order valence-electron chi connectivity index (χ1n) is 13.0. The average molecular weight is 579 g/mol. The van der Waals surface area contributed by atoms with E-state index in [4.69, 9.17) is 9.72 Å². The number of amides is 1. The molecule has 0 saturated carbocycles. The molecule has 0 radical (unpaired) electrons. The molecule has 0 bridgehead atoms. The predicted molar refractivity (Wildman–Crippen MR) is 157 cm³/mol. The molecule has 0 aliphatic carbocycles. The summed E-state index contributed by atoms with van der Waals surface area (Å²) in [7, 11) is -3.62. The average Bonchev–Trinajstić information content (AvgIpc) is 2.97. The van der Waals surface area contributed by atoms with Gasteiger partial charge in [0, 0.05) is 18.8 Å². The van der Waals surface area contributed by atoms with Crippen LogP contribution in [0.4, 0.5) is 5.69 Å². The zero-order valence-electron chi connectivity index (χ0n) is 22.2. The molecule has 1 saturated heterocycles. The third-order valence-electron chi connectivity index (χ3n) is 6.64. The lowest BCUT2D eigenvalue weighted by molar-refractivity contribution is -0.113. The number of morpholine rings is 1. The Labute approximate surface area is 237 Å². The van der Waals surface area contributed by atoms with E-state index in [0.717, 1.165) is 17.3 Å². The Kier molecular flexibility index (Phi) is 8.36. The molecule has 1 aliphatic rings. The maximum absolute atomic E-state index is 13.5. The zero-order valence-corrected chi connectivity index (χ0v) is 23.9. The van der Waals surface area contributed by atoms with E-state index in [9.17, 15) is 18.0 Å². The van der Waals surface area contributed by atoms with E-state index in [0.29, 0.717) is 59.7 Å². The van der Waals surface area contributed by atoms with Crippen LogP contribution >= 0.6 is 11.8 Å². The number of anilines is 1. The molecule has 208 valence electrons. The number of nitrogens with one attached hydrogen (secondary N) is 1. The maximum Gasteiger partial charge on any atom is 0.266 e. The van der Waals surface area contributed by atoms with Gasteiger partial charge in [-0.25, -0.2) is 13.4 Å². The van der Waals surface area contributed by atoms with Crippen molar-refractivity contribution < 1.29 is 17.9 Å². The van der Waals surface area contributed by atoms with Crippen molar-refractivity contribution in [2.75, 3.05) is 37.4 Å². The van der Waals surface area contributed by atoms with Gasteiger partial charge in [0.25, 0.3) is 5.56 Å². The predicted octanol–water partition coefficient (Wildman–Crippen LogP) is 4.26. The molecule has 5 rings (SSSR count). The molecule has 0 unspecified atom stereocenters. The van der Waals surface area contributed by atoms with Crippen molar-refractivity contribution in [3.63, 3.8) is 0 Å². The van der Waals surface area contributed by atoms with Gasteiger partial charge >= 0.3 is 0 Å². The number of carbonyl (C=O) groups is 1. The highest BCUT2D eigenvalue weighted by Gasteiger charge is 2.26. The minimum atomic E-state index is -3.62. The van der Waals surface area contributed by atoms with E-state index >= 15 is 0 Å². The number of carbonyl (C=O) groups excluding carboxylic acids is 1. The number of hydrogen-bond donors (Lipinski definition) is 1. The van der Waals surface area contributed by atoms with Crippen molar-refractivity contribution in [1.29, 1.82) is 0 Å². The van der Waals surface area contributed by atoms with Crippen LogP contribution in [0.25, 0.3) is 16.6 Å². The summed E-state index contributed by atoms with van der Waals surface area (Å²) >= 11 is 1.16. The highest BCUT2D eigenvalue weighted by molar-refractivity contribution is 7.99. The molecule has 1 N–H and O–H groups in total. The summed E-state index contributed by atoms with van der Waals surface area (Å²) in [5.41, 5.74) is 2.65. The molecule has 11 heteroatoms. The van der Waals surface area contributed by atoms with Gasteiger partial charge in [-0.3, -0.25) is 14.2 Å². The molecule has 1 fully saturated rings. The van der Waals surface area contributed by atoms with Gasteiger partial charge in [-0.05, 0) is 60.0 Å². The standard InChI is InChI=1S/C29H30N4O5S2/c1-20(2)21-7-11-23(12-8-21)33-28(35)25-5-3-4-6-26(25)31-29(33)39-19-27(34)30-22-9-13-24(14-10-22)40(36,37)32-15-17-38-18-16-32/h3-14,20H,15-19H2,1-2H3,(H,30,34). The van der Waals surface area contributed by atoms with Crippen LogP contribution in [0.1, 0.15) is 25.3 Å². The van der Waals surface area contributed by atoms with Crippen molar-refractivity contribution >= 4 is 44.3 Å². The topological polar surface area (TPSA) is 111 Å². The molecule has 40 heavy (non-hydrogen) atoms. The smallest absolute Gasteiger partial charge is 0.266 e. The lowest BCUT2D eigenvalue weighted by Crippen LogP contribution is -2.40. The second-order valence-electron chi connectivity index (χ2n) is 9.68. The van der Waals surface area contributed by atoms with Gasteiger partial charge < -0.3 is 10.1 Å². The third-order valence-corrected chi connectivity index (χ3v) is 9.49. The van der Waals surface area contributed by atoms with E-state index in [2.05, 4.69) is 19.2 Å². The highest BCUT2D eigenvalue weighted by Crippen LogP contribution is 2.24. The van der Waals surface area contributed by atoms with Crippen molar-refractivity contribution in [2.24, 2.45) is 0 Å². The fourth-order valence-electron chi connectivity index (χ4n) is 4.42. The number of nitrogens with zero attached hydrogens (tertiary/aromatic N) is 3. The Morgan fingerprint density at radius 1 is 1.00 bits per heavy atom. The zero-order chi connectivity index (χ0) is 28.3. The van der Waals surface area contributed by atoms with Crippen LogP contribution in [-0.2, 0) is 19.6 Å². The first-order valence-corrected chi connectivity index (χ1v) is 15.4. The fraction of sp³-hybridized carbons (Fsp3) is 0.276. The Hall–Kier alpha value is -3.51. The number of fused-ring (bicyclic) bond motifs is 1. The molecule has 1 amide bonds. The van der Waals surface area contributed by atoms with Crippen LogP contribution < -0.4 is 10.9 Å².